The summed E-state index contributed by atoms with van der Waals surface area (Å²) in [5, 5.41) is 6.31. The van der Waals surface area contributed by atoms with Crippen LogP contribution in [-0.4, -0.2) is 11.8 Å². The first kappa shape index (κ1) is 26.9. The molecule has 4 aromatic rings. The van der Waals surface area contributed by atoms with Crippen molar-refractivity contribution in [2.24, 2.45) is 0 Å². The molecule has 4 heteroatoms. The van der Waals surface area contributed by atoms with Crippen molar-refractivity contribution >= 4 is 23.2 Å². The lowest BCUT2D eigenvalue weighted by molar-refractivity contribution is 0.101. The van der Waals surface area contributed by atoms with Gasteiger partial charge in [-0.25, -0.2) is 0 Å². The molecular formula is C34H36N2O2. The van der Waals surface area contributed by atoms with E-state index >= 15 is 0 Å². The Morgan fingerprint density at radius 2 is 0.974 bits per heavy atom. The Morgan fingerprint density at radius 3 is 1.42 bits per heavy atom. The van der Waals surface area contributed by atoms with Gasteiger partial charge in [0.25, 0.3) is 11.8 Å². The third-order valence-corrected chi connectivity index (χ3v) is 6.94. The fourth-order valence-corrected chi connectivity index (χ4v) is 4.95. The molecule has 0 unspecified atom stereocenters. The summed E-state index contributed by atoms with van der Waals surface area (Å²) in [4.78, 5) is 25.7. The average molecular weight is 505 g/mol. The van der Waals surface area contributed by atoms with Crippen LogP contribution in [-0.2, 0) is 25.7 Å². The molecule has 0 fully saturated rings. The quantitative estimate of drug-likeness (QED) is 0.244. The Morgan fingerprint density at radius 1 is 0.579 bits per heavy atom. The Labute approximate surface area is 226 Å². The third-order valence-electron chi connectivity index (χ3n) is 6.94. The maximum atomic E-state index is 12.9. The number of hydrogen-bond donors (Lipinski definition) is 2. The van der Waals surface area contributed by atoms with Crippen molar-refractivity contribution in [3.63, 3.8) is 0 Å². The van der Waals surface area contributed by atoms with Gasteiger partial charge in [-0.05, 0) is 90.3 Å². The molecule has 0 saturated heterocycles. The molecule has 0 heterocycles. The van der Waals surface area contributed by atoms with Crippen molar-refractivity contribution in [1.29, 1.82) is 0 Å². The zero-order valence-electron chi connectivity index (χ0n) is 22.7. The van der Waals surface area contributed by atoms with E-state index in [2.05, 4.69) is 62.6 Å². The Kier molecular flexibility index (Phi) is 8.75. The monoisotopic (exact) mass is 504 g/mol. The Bertz CT molecular complexity index is 1400. The number of benzene rings is 4. The highest BCUT2D eigenvalue weighted by atomic mass is 16.2. The van der Waals surface area contributed by atoms with E-state index in [-0.39, 0.29) is 11.8 Å². The topological polar surface area (TPSA) is 58.2 Å². The van der Waals surface area contributed by atoms with Gasteiger partial charge in [0.2, 0.25) is 0 Å². The number of aryl methyl sites for hydroxylation is 4. The fraction of sp³-hybridized carbons (Fsp3) is 0.235. The lowest BCUT2D eigenvalue weighted by atomic mass is 9.93. The summed E-state index contributed by atoms with van der Waals surface area (Å²) in [5.41, 5.74) is 10.0. The van der Waals surface area contributed by atoms with Gasteiger partial charge in [0.05, 0.1) is 0 Å². The molecule has 38 heavy (non-hydrogen) atoms. The summed E-state index contributed by atoms with van der Waals surface area (Å²) in [6.07, 6.45) is 3.27. The van der Waals surface area contributed by atoms with E-state index in [9.17, 15) is 9.59 Å². The van der Waals surface area contributed by atoms with Crippen molar-refractivity contribution in [2.45, 2.75) is 53.4 Å². The molecule has 194 valence electrons. The Hall–Kier alpha value is -4.18. The maximum absolute atomic E-state index is 12.9. The van der Waals surface area contributed by atoms with Gasteiger partial charge in [0.1, 0.15) is 0 Å². The normalized spacial score (nSPS) is 10.7. The molecule has 4 aromatic carbocycles. The molecule has 4 rings (SSSR count). The van der Waals surface area contributed by atoms with Gasteiger partial charge < -0.3 is 10.6 Å². The zero-order chi connectivity index (χ0) is 27.1. The van der Waals surface area contributed by atoms with Crippen LogP contribution in [0.15, 0.2) is 84.9 Å². The molecule has 4 nitrogen and oxygen atoms in total. The molecule has 0 atom stereocenters. The predicted octanol–water partition coefficient (Wildman–Crippen LogP) is 7.78. The third kappa shape index (κ3) is 6.20. The van der Waals surface area contributed by atoms with Crippen LogP contribution in [0.3, 0.4) is 0 Å². The van der Waals surface area contributed by atoms with E-state index in [0.29, 0.717) is 11.1 Å². The molecule has 0 aliphatic rings. The zero-order valence-corrected chi connectivity index (χ0v) is 22.7. The van der Waals surface area contributed by atoms with Gasteiger partial charge in [0, 0.05) is 22.5 Å². The number of hydrogen-bond acceptors (Lipinski definition) is 2. The first-order chi connectivity index (χ1) is 18.4. The van der Waals surface area contributed by atoms with Gasteiger partial charge >= 0.3 is 0 Å². The largest absolute Gasteiger partial charge is 0.321 e. The van der Waals surface area contributed by atoms with Crippen molar-refractivity contribution in [2.75, 3.05) is 10.6 Å². The van der Waals surface area contributed by atoms with E-state index in [0.717, 1.165) is 59.3 Å². The van der Waals surface area contributed by atoms with Crippen LogP contribution < -0.4 is 10.6 Å². The van der Waals surface area contributed by atoms with Crippen LogP contribution in [0.4, 0.5) is 11.4 Å². The predicted molar refractivity (Wildman–Crippen MR) is 157 cm³/mol. The first-order valence-corrected chi connectivity index (χ1v) is 13.4. The standard InChI is InChI=1S/C34H36N2O2/c1-5-26-20-24(18-23(4)31(26)35-33(37)29-14-10-8-11-15-29)19-25-21-27(6-2)32(28(7-3)22-25)36-34(38)30-16-12-9-13-17-30/h8-18,20-22H,5-7,19H2,1-4H3,(H,35,37)(H,36,38). The molecule has 0 aliphatic heterocycles. The lowest BCUT2D eigenvalue weighted by Crippen LogP contribution is -2.15. The highest BCUT2D eigenvalue weighted by Crippen LogP contribution is 2.29. The summed E-state index contributed by atoms with van der Waals surface area (Å²) in [7, 11) is 0. The second kappa shape index (κ2) is 12.4. The molecule has 2 amide bonds. The highest BCUT2D eigenvalue weighted by Gasteiger charge is 2.16. The second-order valence-corrected chi connectivity index (χ2v) is 9.61. The average Bonchev–Trinajstić information content (AvgIpc) is 2.95. The summed E-state index contributed by atoms with van der Waals surface area (Å²) in [6.45, 7) is 8.42. The molecular weight excluding hydrogens is 468 g/mol. The van der Waals surface area contributed by atoms with E-state index in [4.69, 9.17) is 0 Å². The Balaban J connectivity index is 1.60. The molecule has 0 radical (unpaired) electrons. The summed E-state index contributed by atoms with van der Waals surface area (Å²) >= 11 is 0. The summed E-state index contributed by atoms with van der Waals surface area (Å²) in [6, 6.07) is 27.5. The van der Waals surface area contributed by atoms with E-state index in [1.807, 2.05) is 60.7 Å². The van der Waals surface area contributed by atoms with Gasteiger partial charge in [-0.1, -0.05) is 81.4 Å². The molecule has 0 saturated carbocycles. The van der Waals surface area contributed by atoms with Gasteiger partial charge in [-0.2, -0.15) is 0 Å². The molecule has 0 spiro atoms. The van der Waals surface area contributed by atoms with E-state index in [1.54, 1.807) is 0 Å². The number of anilines is 2. The molecule has 2 N–H and O–H groups in total. The maximum Gasteiger partial charge on any atom is 0.255 e. The van der Waals surface area contributed by atoms with Crippen molar-refractivity contribution in [1.82, 2.24) is 0 Å². The number of rotatable bonds is 9. The minimum Gasteiger partial charge on any atom is -0.321 e. The van der Waals surface area contributed by atoms with Crippen LogP contribution in [0.2, 0.25) is 0 Å². The lowest BCUT2D eigenvalue weighted by Gasteiger charge is -2.18. The summed E-state index contributed by atoms with van der Waals surface area (Å²) < 4.78 is 0. The SMILES string of the molecule is CCc1cc(Cc2cc(CC)c(NC(=O)c3ccccc3)c(CC)c2)cc(C)c1NC(=O)c1ccccc1. The van der Waals surface area contributed by atoms with Crippen molar-refractivity contribution in [3.8, 4) is 0 Å². The minimum atomic E-state index is -0.0931. The second-order valence-electron chi connectivity index (χ2n) is 9.61. The molecule has 0 aromatic heterocycles. The number of amides is 2. The van der Waals surface area contributed by atoms with Crippen LogP contribution >= 0.6 is 0 Å². The summed E-state index contributed by atoms with van der Waals surface area (Å²) in [5.74, 6) is -0.177. The number of nitrogens with one attached hydrogen (secondary N) is 2. The van der Waals surface area contributed by atoms with Crippen molar-refractivity contribution < 1.29 is 9.59 Å². The van der Waals surface area contributed by atoms with Gasteiger partial charge in [-0.15, -0.1) is 0 Å². The van der Waals surface area contributed by atoms with Crippen LogP contribution in [0.25, 0.3) is 0 Å². The highest BCUT2D eigenvalue weighted by molar-refractivity contribution is 6.05. The fourth-order valence-electron chi connectivity index (χ4n) is 4.95. The number of carbonyl (C=O) groups is 2. The number of carbonyl (C=O) groups excluding carboxylic acids is 2. The smallest absolute Gasteiger partial charge is 0.255 e. The molecule has 0 bridgehead atoms. The van der Waals surface area contributed by atoms with Crippen LogP contribution in [0.1, 0.15) is 74.9 Å². The minimum absolute atomic E-state index is 0.0842. The first-order valence-electron chi connectivity index (χ1n) is 13.4. The van der Waals surface area contributed by atoms with E-state index in [1.165, 1.54) is 11.1 Å². The van der Waals surface area contributed by atoms with Gasteiger partial charge in [0.15, 0.2) is 0 Å². The van der Waals surface area contributed by atoms with Gasteiger partial charge in [-0.3, -0.25) is 9.59 Å². The molecule has 0 aliphatic carbocycles. The van der Waals surface area contributed by atoms with E-state index < -0.39 is 0 Å². The van der Waals surface area contributed by atoms with Crippen LogP contribution in [0.5, 0.6) is 0 Å². The van der Waals surface area contributed by atoms with Crippen molar-refractivity contribution in [3.05, 3.63) is 129 Å². The van der Waals surface area contributed by atoms with Crippen LogP contribution in [0, 0.1) is 6.92 Å².